The van der Waals surface area contributed by atoms with E-state index in [4.69, 9.17) is 11.6 Å². The molecule has 4 rings (SSSR count). The van der Waals surface area contributed by atoms with Crippen molar-refractivity contribution < 1.29 is 4.79 Å². The first-order valence-corrected chi connectivity index (χ1v) is 8.32. The number of hydrogen-bond donors (Lipinski definition) is 1. The van der Waals surface area contributed by atoms with E-state index in [1.807, 2.05) is 77.5 Å². The number of anilines is 1. The Bertz CT molecular complexity index is 1050. The number of hydrogen-bond acceptors (Lipinski definition) is 1. The zero-order chi connectivity index (χ0) is 17.2. The molecule has 2 heterocycles. The Hall–Kier alpha value is -3.04. The second kappa shape index (κ2) is 6.46. The molecule has 1 amide bonds. The van der Waals surface area contributed by atoms with Crippen LogP contribution in [0.3, 0.4) is 0 Å². The van der Waals surface area contributed by atoms with Crippen LogP contribution in [0.5, 0.6) is 0 Å². The van der Waals surface area contributed by atoms with Gasteiger partial charge in [0.05, 0.1) is 11.1 Å². The van der Waals surface area contributed by atoms with Crippen molar-refractivity contribution >= 4 is 28.7 Å². The summed E-state index contributed by atoms with van der Waals surface area (Å²) in [6, 6.07) is 22.9. The third-order valence-electron chi connectivity index (χ3n) is 4.08. The van der Waals surface area contributed by atoms with Gasteiger partial charge in [0.15, 0.2) is 0 Å². The first-order valence-electron chi connectivity index (χ1n) is 7.94. The second-order valence-corrected chi connectivity index (χ2v) is 6.18. The minimum Gasteiger partial charge on any atom is -0.322 e. The van der Waals surface area contributed by atoms with Crippen molar-refractivity contribution in [3.8, 4) is 11.1 Å². The molecule has 4 aromatic rings. The standard InChI is InChI=1S/C21H15ClN2O/c22-16-9-6-10-17(13-16)23-21(25)20-18(15-7-2-1-3-8-15)14-24-12-5-4-11-19(20)24/h1-14H,(H,23,25). The van der Waals surface area contributed by atoms with Crippen LogP contribution in [-0.4, -0.2) is 10.3 Å². The summed E-state index contributed by atoms with van der Waals surface area (Å²) in [7, 11) is 0. The van der Waals surface area contributed by atoms with Crippen molar-refractivity contribution in [1.29, 1.82) is 0 Å². The molecule has 0 atom stereocenters. The van der Waals surface area contributed by atoms with Crippen molar-refractivity contribution in [2.45, 2.75) is 0 Å². The molecule has 0 unspecified atom stereocenters. The van der Waals surface area contributed by atoms with Gasteiger partial charge in [-0.25, -0.2) is 0 Å². The number of rotatable bonds is 3. The summed E-state index contributed by atoms with van der Waals surface area (Å²) < 4.78 is 1.97. The zero-order valence-corrected chi connectivity index (χ0v) is 14.1. The van der Waals surface area contributed by atoms with Crippen LogP contribution in [0.2, 0.25) is 5.02 Å². The van der Waals surface area contributed by atoms with Crippen LogP contribution in [0.15, 0.2) is 85.2 Å². The summed E-state index contributed by atoms with van der Waals surface area (Å²) in [5, 5.41) is 3.54. The minimum atomic E-state index is -0.158. The van der Waals surface area contributed by atoms with Gasteiger partial charge in [0.1, 0.15) is 0 Å². The molecule has 0 aliphatic rings. The third-order valence-corrected chi connectivity index (χ3v) is 4.31. The predicted octanol–water partition coefficient (Wildman–Crippen LogP) is 5.51. The first-order chi connectivity index (χ1) is 12.2. The van der Waals surface area contributed by atoms with E-state index >= 15 is 0 Å². The lowest BCUT2D eigenvalue weighted by Gasteiger charge is -2.08. The van der Waals surface area contributed by atoms with Gasteiger partial charge >= 0.3 is 0 Å². The largest absolute Gasteiger partial charge is 0.322 e. The molecule has 4 heteroatoms. The van der Waals surface area contributed by atoms with Gasteiger partial charge in [-0.05, 0) is 35.9 Å². The van der Waals surface area contributed by atoms with Gasteiger partial charge < -0.3 is 9.72 Å². The van der Waals surface area contributed by atoms with Crippen LogP contribution in [0, 0.1) is 0 Å². The smallest absolute Gasteiger partial charge is 0.258 e. The molecule has 0 aliphatic carbocycles. The van der Waals surface area contributed by atoms with Gasteiger partial charge in [0, 0.05) is 28.7 Å². The normalized spacial score (nSPS) is 10.8. The average Bonchev–Trinajstić information content (AvgIpc) is 3.02. The Morgan fingerprint density at radius 1 is 0.920 bits per heavy atom. The number of fused-ring (bicyclic) bond motifs is 1. The quantitative estimate of drug-likeness (QED) is 0.521. The maximum absolute atomic E-state index is 13.0. The van der Waals surface area contributed by atoms with Crippen LogP contribution in [0.25, 0.3) is 16.6 Å². The molecular formula is C21H15ClN2O. The highest BCUT2D eigenvalue weighted by molar-refractivity contribution is 6.31. The Kier molecular flexibility index (Phi) is 4.00. The Labute approximate surface area is 150 Å². The van der Waals surface area contributed by atoms with Crippen LogP contribution in [0.1, 0.15) is 10.4 Å². The number of aromatic nitrogens is 1. The first kappa shape index (κ1) is 15.5. The molecule has 2 aromatic heterocycles. The molecule has 0 fully saturated rings. The van der Waals surface area contributed by atoms with E-state index in [0.717, 1.165) is 16.6 Å². The highest BCUT2D eigenvalue weighted by atomic mass is 35.5. The molecule has 0 spiro atoms. The van der Waals surface area contributed by atoms with E-state index in [9.17, 15) is 4.79 Å². The summed E-state index contributed by atoms with van der Waals surface area (Å²) in [6.45, 7) is 0. The molecular weight excluding hydrogens is 332 g/mol. The number of benzene rings is 2. The lowest BCUT2D eigenvalue weighted by atomic mass is 10.0. The molecule has 0 saturated heterocycles. The van der Waals surface area contributed by atoms with Crippen molar-refractivity contribution in [2.24, 2.45) is 0 Å². The van der Waals surface area contributed by atoms with Crippen LogP contribution in [0.4, 0.5) is 5.69 Å². The van der Waals surface area contributed by atoms with Crippen molar-refractivity contribution in [2.75, 3.05) is 5.32 Å². The molecule has 1 N–H and O–H groups in total. The zero-order valence-electron chi connectivity index (χ0n) is 13.3. The summed E-state index contributed by atoms with van der Waals surface area (Å²) in [5.41, 5.74) is 4.08. The molecule has 3 nitrogen and oxygen atoms in total. The maximum Gasteiger partial charge on any atom is 0.258 e. The molecule has 25 heavy (non-hydrogen) atoms. The van der Waals surface area contributed by atoms with E-state index in [2.05, 4.69) is 5.32 Å². The monoisotopic (exact) mass is 346 g/mol. The Balaban J connectivity index is 1.83. The molecule has 0 bridgehead atoms. The SMILES string of the molecule is O=C(Nc1cccc(Cl)c1)c1c(-c2ccccc2)cn2ccccc12. The second-order valence-electron chi connectivity index (χ2n) is 5.74. The van der Waals surface area contributed by atoms with Crippen molar-refractivity contribution in [1.82, 2.24) is 4.40 Å². The van der Waals surface area contributed by atoms with E-state index < -0.39 is 0 Å². The molecule has 122 valence electrons. The number of carbonyl (C=O) groups is 1. The number of nitrogens with zero attached hydrogens (tertiary/aromatic N) is 1. The summed E-state index contributed by atoms with van der Waals surface area (Å²) in [5.74, 6) is -0.158. The third kappa shape index (κ3) is 3.02. The van der Waals surface area contributed by atoms with Crippen LogP contribution in [-0.2, 0) is 0 Å². The average molecular weight is 347 g/mol. The van der Waals surface area contributed by atoms with Crippen LogP contribution >= 0.6 is 11.6 Å². The number of halogens is 1. The fraction of sp³-hybridized carbons (Fsp3) is 0. The molecule has 2 aromatic carbocycles. The van der Waals surface area contributed by atoms with Gasteiger partial charge in [0.25, 0.3) is 5.91 Å². The van der Waals surface area contributed by atoms with Gasteiger partial charge in [-0.3, -0.25) is 4.79 Å². The lowest BCUT2D eigenvalue weighted by molar-refractivity contribution is 0.102. The van der Waals surface area contributed by atoms with Gasteiger partial charge in [-0.2, -0.15) is 0 Å². The van der Waals surface area contributed by atoms with E-state index in [0.29, 0.717) is 16.3 Å². The fourth-order valence-corrected chi connectivity index (χ4v) is 3.15. The Morgan fingerprint density at radius 3 is 2.52 bits per heavy atom. The van der Waals surface area contributed by atoms with Gasteiger partial charge in [-0.1, -0.05) is 54.1 Å². The topological polar surface area (TPSA) is 33.5 Å². The predicted molar refractivity (Wildman–Crippen MR) is 102 cm³/mol. The van der Waals surface area contributed by atoms with E-state index in [1.54, 1.807) is 12.1 Å². The molecule has 0 aliphatic heterocycles. The maximum atomic E-state index is 13.0. The number of carbonyl (C=O) groups excluding carboxylic acids is 1. The fourth-order valence-electron chi connectivity index (χ4n) is 2.96. The summed E-state index contributed by atoms with van der Waals surface area (Å²) in [6.07, 6.45) is 3.93. The van der Waals surface area contributed by atoms with Gasteiger partial charge in [-0.15, -0.1) is 0 Å². The summed E-state index contributed by atoms with van der Waals surface area (Å²) >= 11 is 6.02. The number of amides is 1. The van der Waals surface area contributed by atoms with Crippen molar-refractivity contribution in [3.05, 3.63) is 95.8 Å². The highest BCUT2D eigenvalue weighted by Crippen LogP contribution is 2.29. The molecule has 0 radical (unpaired) electrons. The number of nitrogens with one attached hydrogen (secondary N) is 1. The van der Waals surface area contributed by atoms with E-state index in [-0.39, 0.29) is 5.91 Å². The van der Waals surface area contributed by atoms with Crippen LogP contribution < -0.4 is 5.32 Å². The molecule has 0 saturated carbocycles. The lowest BCUT2D eigenvalue weighted by Crippen LogP contribution is -2.12. The van der Waals surface area contributed by atoms with Crippen molar-refractivity contribution in [3.63, 3.8) is 0 Å². The van der Waals surface area contributed by atoms with Gasteiger partial charge in [0.2, 0.25) is 0 Å². The summed E-state index contributed by atoms with van der Waals surface area (Å²) in [4.78, 5) is 13.0. The number of pyridine rings is 1. The van der Waals surface area contributed by atoms with E-state index in [1.165, 1.54) is 0 Å². The Morgan fingerprint density at radius 2 is 1.72 bits per heavy atom. The highest BCUT2D eigenvalue weighted by Gasteiger charge is 2.19. The minimum absolute atomic E-state index is 0.158.